The van der Waals surface area contributed by atoms with Crippen LogP contribution in [-0.2, 0) is 12.8 Å². The predicted molar refractivity (Wildman–Crippen MR) is 79.1 cm³/mol. The molecule has 0 unspecified atom stereocenters. The number of benzene rings is 1. The van der Waals surface area contributed by atoms with E-state index in [2.05, 4.69) is 39.2 Å². The zero-order chi connectivity index (χ0) is 13.6. The molecule has 2 aromatic heterocycles. The molecule has 0 saturated heterocycles. The molecule has 0 fully saturated rings. The smallest absolute Gasteiger partial charge is 0.107 e. The molecule has 0 aliphatic carbocycles. The molecular formula is C17H15N3. The average molecular weight is 261 g/mol. The number of nitrogens with zero attached hydrogens (tertiary/aromatic N) is 3. The van der Waals surface area contributed by atoms with Crippen LogP contribution in [0.2, 0.25) is 0 Å². The van der Waals surface area contributed by atoms with Crippen molar-refractivity contribution >= 4 is 0 Å². The molecular weight excluding hydrogens is 246 g/mol. The third kappa shape index (κ3) is 3.06. The van der Waals surface area contributed by atoms with Crippen molar-refractivity contribution in [2.75, 3.05) is 0 Å². The van der Waals surface area contributed by atoms with Crippen LogP contribution >= 0.6 is 0 Å². The third-order valence-corrected chi connectivity index (χ3v) is 3.15. The SMILES string of the molecule is c1ccc(CCc2cnc(-c3ccccn3)cn2)cc1. The fraction of sp³-hybridized carbons (Fsp3) is 0.118. The molecule has 3 heteroatoms. The Morgan fingerprint density at radius 1 is 0.650 bits per heavy atom. The van der Waals surface area contributed by atoms with Crippen LogP contribution in [0.5, 0.6) is 0 Å². The van der Waals surface area contributed by atoms with Gasteiger partial charge in [-0.2, -0.15) is 0 Å². The summed E-state index contributed by atoms with van der Waals surface area (Å²) in [5.41, 5.74) is 4.00. The van der Waals surface area contributed by atoms with Gasteiger partial charge < -0.3 is 0 Å². The molecule has 98 valence electrons. The molecule has 0 spiro atoms. The maximum atomic E-state index is 4.47. The van der Waals surface area contributed by atoms with Crippen molar-refractivity contribution in [3.05, 3.63) is 78.4 Å². The molecule has 0 amide bonds. The Labute approximate surface area is 118 Å². The highest BCUT2D eigenvalue weighted by molar-refractivity contribution is 5.51. The zero-order valence-electron chi connectivity index (χ0n) is 11.1. The molecule has 3 nitrogen and oxygen atoms in total. The predicted octanol–water partition coefficient (Wildman–Crippen LogP) is 3.32. The summed E-state index contributed by atoms with van der Waals surface area (Å²) in [5.74, 6) is 0. The second kappa shape index (κ2) is 6.06. The van der Waals surface area contributed by atoms with Crippen LogP contribution in [0.3, 0.4) is 0 Å². The van der Waals surface area contributed by atoms with E-state index in [1.165, 1.54) is 5.56 Å². The summed E-state index contributed by atoms with van der Waals surface area (Å²) < 4.78 is 0. The first kappa shape index (κ1) is 12.5. The lowest BCUT2D eigenvalue weighted by molar-refractivity contribution is 0.899. The van der Waals surface area contributed by atoms with Gasteiger partial charge in [-0.3, -0.25) is 15.0 Å². The lowest BCUT2D eigenvalue weighted by atomic mass is 10.1. The van der Waals surface area contributed by atoms with Crippen molar-refractivity contribution in [2.45, 2.75) is 12.8 Å². The highest BCUT2D eigenvalue weighted by Gasteiger charge is 2.02. The Morgan fingerprint density at radius 3 is 2.20 bits per heavy atom. The van der Waals surface area contributed by atoms with E-state index in [0.717, 1.165) is 29.9 Å². The van der Waals surface area contributed by atoms with Gasteiger partial charge in [0.15, 0.2) is 0 Å². The first-order chi connectivity index (χ1) is 9.92. The Hall–Kier alpha value is -2.55. The van der Waals surface area contributed by atoms with Gasteiger partial charge in [0.25, 0.3) is 0 Å². The van der Waals surface area contributed by atoms with Gasteiger partial charge in [-0.05, 0) is 30.5 Å². The Bertz CT molecular complexity index is 649. The van der Waals surface area contributed by atoms with Gasteiger partial charge in [0.05, 0.1) is 17.6 Å². The zero-order valence-corrected chi connectivity index (χ0v) is 11.1. The fourth-order valence-electron chi connectivity index (χ4n) is 2.05. The number of hydrogen-bond acceptors (Lipinski definition) is 3. The van der Waals surface area contributed by atoms with Crippen LogP contribution < -0.4 is 0 Å². The summed E-state index contributed by atoms with van der Waals surface area (Å²) in [5, 5.41) is 0. The van der Waals surface area contributed by atoms with E-state index in [9.17, 15) is 0 Å². The van der Waals surface area contributed by atoms with Gasteiger partial charge in [0.2, 0.25) is 0 Å². The molecule has 2 heterocycles. The lowest BCUT2D eigenvalue weighted by Gasteiger charge is -2.03. The molecule has 3 aromatic rings. The first-order valence-corrected chi connectivity index (χ1v) is 6.68. The molecule has 0 radical (unpaired) electrons. The van der Waals surface area contributed by atoms with Crippen molar-refractivity contribution in [3.8, 4) is 11.4 Å². The Kier molecular flexibility index (Phi) is 3.78. The van der Waals surface area contributed by atoms with Gasteiger partial charge >= 0.3 is 0 Å². The molecule has 0 N–H and O–H groups in total. The summed E-state index contributed by atoms with van der Waals surface area (Å²) >= 11 is 0. The van der Waals surface area contributed by atoms with E-state index in [1.807, 2.05) is 30.5 Å². The minimum atomic E-state index is 0.814. The minimum Gasteiger partial charge on any atom is -0.257 e. The normalized spacial score (nSPS) is 10.4. The molecule has 0 bridgehead atoms. The van der Waals surface area contributed by atoms with Gasteiger partial charge in [0.1, 0.15) is 5.69 Å². The number of pyridine rings is 1. The number of hydrogen-bond donors (Lipinski definition) is 0. The standard InChI is InChI=1S/C17H15N3/c1-2-6-14(7-3-1)9-10-15-12-20-17(13-19-15)16-8-4-5-11-18-16/h1-8,11-13H,9-10H2. The number of aromatic nitrogens is 3. The number of aryl methyl sites for hydroxylation is 2. The van der Waals surface area contributed by atoms with Gasteiger partial charge in [0, 0.05) is 12.4 Å². The number of rotatable bonds is 4. The van der Waals surface area contributed by atoms with Crippen LogP contribution in [0, 0.1) is 0 Å². The largest absolute Gasteiger partial charge is 0.257 e. The molecule has 0 aliphatic rings. The van der Waals surface area contributed by atoms with Crippen molar-refractivity contribution in [1.82, 2.24) is 15.0 Å². The molecule has 20 heavy (non-hydrogen) atoms. The minimum absolute atomic E-state index is 0.814. The first-order valence-electron chi connectivity index (χ1n) is 6.68. The van der Waals surface area contributed by atoms with Crippen molar-refractivity contribution in [3.63, 3.8) is 0 Å². The van der Waals surface area contributed by atoms with Crippen LogP contribution in [0.4, 0.5) is 0 Å². The van der Waals surface area contributed by atoms with Crippen LogP contribution in [-0.4, -0.2) is 15.0 Å². The fourth-order valence-corrected chi connectivity index (χ4v) is 2.05. The Morgan fingerprint density at radius 2 is 1.50 bits per heavy atom. The highest BCUT2D eigenvalue weighted by atomic mass is 14.8. The monoisotopic (exact) mass is 261 g/mol. The third-order valence-electron chi connectivity index (χ3n) is 3.15. The second-order valence-corrected chi connectivity index (χ2v) is 4.59. The summed E-state index contributed by atoms with van der Waals surface area (Å²) in [7, 11) is 0. The maximum Gasteiger partial charge on any atom is 0.107 e. The van der Waals surface area contributed by atoms with Crippen molar-refractivity contribution in [2.24, 2.45) is 0 Å². The van der Waals surface area contributed by atoms with Crippen molar-refractivity contribution < 1.29 is 0 Å². The summed E-state index contributed by atoms with van der Waals surface area (Å²) in [6.45, 7) is 0. The maximum absolute atomic E-state index is 4.47. The van der Waals surface area contributed by atoms with Crippen LogP contribution in [0.25, 0.3) is 11.4 Å². The van der Waals surface area contributed by atoms with Gasteiger partial charge in [-0.15, -0.1) is 0 Å². The van der Waals surface area contributed by atoms with E-state index in [4.69, 9.17) is 0 Å². The van der Waals surface area contributed by atoms with E-state index >= 15 is 0 Å². The van der Waals surface area contributed by atoms with E-state index in [1.54, 1.807) is 12.4 Å². The lowest BCUT2D eigenvalue weighted by Crippen LogP contribution is -1.97. The summed E-state index contributed by atoms with van der Waals surface area (Å²) in [6.07, 6.45) is 7.29. The highest BCUT2D eigenvalue weighted by Crippen LogP contribution is 2.12. The van der Waals surface area contributed by atoms with Crippen LogP contribution in [0.1, 0.15) is 11.3 Å². The topological polar surface area (TPSA) is 38.7 Å². The van der Waals surface area contributed by atoms with Gasteiger partial charge in [-0.1, -0.05) is 36.4 Å². The summed E-state index contributed by atoms with van der Waals surface area (Å²) in [4.78, 5) is 13.2. The van der Waals surface area contributed by atoms with E-state index in [0.29, 0.717) is 0 Å². The van der Waals surface area contributed by atoms with Gasteiger partial charge in [-0.25, -0.2) is 0 Å². The summed E-state index contributed by atoms with van der Waals surface area (Å²) in [6, 6.07) is 16.2. The van der Waals surface area contributed by atoms with Crippen molar-refractivity contribution in [1.29, 1.82) is 0 Å². The average Bonchev–Trinajstić information content (AvgIpc) is 2.55. The molecule has 0 aliphatic heterocycles. The molecule has 3 rings (SSSR count). The van der Waals surface area contributed by atoms with Crippen LogP contribution in [0.15, 0.2) is 67.1 Å². The quantitative estimate of drug-likeness (QED) is 0.723. The molecule has 0 saturated carbocycles. The van der Waals surface area contributed by atoms with E-state index < -0.39 is 0 Å². The molecule has 1 aromatic carbocycles. The van der Waals surface area contributed by atoms with E-state index in [-0.39, 0.29) is 0 Å². The molecule has 0 atom stereocenters. The Balaban J connectivity index is 1.68. The second-order valence-electron chi connectivity index (χ2n) is 4.59.